The van der Waals surface area contributed by atoms with Crippen molar-refractivity contribution in [3.05, 3.63) is 16.7 Å². The first kappa shape index (κ1) is 48.2. The Hall–Kier alpha value is -3.18. The van der Waals surface area contributed by atoms with Crippen LogP contribution in [0.25, 0.3) is 0 Å². The summed E-state index contributed by atoms with van der Waals surface area (Å²) in [6.45, 7) is 21.4. The summed E-state index contributed by atoms with van der Waals surface area (Å²) in [4.78, 5) is 57.8. The molecule has 2 amide bonds. The van der Waals surface area contributed by atoms with Crippen LogP contribution in [0.4, 0.5) is 4.79 Å². The lowest BCUT2D eigenvalue weighted by Crippen LogP contribution is -2.70. The third kappa shape index (κ3) is 12.9. The molecule has 13 atom stereocenters. The van der Waals surface area contributed by atoms with Gasteiger partial charge in [-0.2, -0.15) is 4.91 Å². The van der Waals surface area contributed by atoms with Crippen molar-refractivity contribution in [1.82, 2.24) is 15.5 Å². The zero-order chi connectivity index (χ0) is 43.2. The van der Waals surface area contributed by atoms with Crippen molar-refractivity contribution >= 4 is 23.7 Å². The predicted molar refractivity (Wildman–Crippen MR) is 215 cm³/mol. The van der Waals surface area contributed by atoms with Crippen molar-refractivity contribution < 1.29 is 48.7 Å². The second-order valence-corrected chi connectivity index (χ2v) is 18.6. The number of hydrogen-bond donors (Lipinski definition) is 5. The van der Waals surface area contributed by atoms with Gasteiger partial charge in [0.1, 0.15) is 40.8 Å². The molecular weight excluding hydrogens is 738 g/mol. The number of allylic oxidation sites excluding steroid dienone is 1. The Morgan fingerprint density at radius 3 is 2.26 bits per heavy atom. The van der Waals surface area contributed by atoms with Crippen LogP contribution in [0.3, 0.4) is 0 Å². The fourth-order valence-electron chi connectivity index (χ4n) is 8.80. The number of amides is 2. The summed E-state index contributed by atoms with van der Waals surface area (Å²) in [7, 11) is 1.46. The minimum atomic E-state index is -1.69. The number of aliphatic imine (C=N–C) groups is 1. The first-order valence-electron chi connectivity index (χ1n) is 20.4. The Bertz CT molecular complexity index is 1450. The molecule has 326 valence electrons. The highest BCUT2D eigenvalue weighted by molar-refractivity contribution is 5.84. The molecule has 13 unspecified atom stereocenters. The van der Waals surface area contributed by atoms with Gasteiger partial charge in [0, 0.05) is 31.8 Å². The second-order valence-electron chi connectivity index (χ2n) is 18.6. The molecule has 0 radical (unpaired) electrons. The van der Waals surface area contributed by atoms with E-state index in [9.17, 15) is 34.6 Å². The van der Waals surface area contributed by atoms with Crippen molar-refractivity contribution in [3.63, 3.8) is 0 Å². The zero-order valence-electron chi connectivity index (χ0n) is 36.4. The van der Waals surface area contributed by atoms with Gasteiger partial charge in [-0.15, -0.1) is 0 Å². The summed E-state index contributed by atoms with van der Waals surface area (Å²) in [5.74, 6) is -0.862. The highest BCUT2D eigenvalue weighted by Crippen LogP contribution is 2.50. The van der Waals surface area contributed by atoms with E-state index in [1.54, 1.807) is 27.7 Å². The Labute approximate surface area is 338 Å². The van der Waals surface area contributed by atoms with Crippen LogP contribution < -0.4 is 10.6 Å². The van der Waals surface area contributed by atoms with Crippen molar-refractivity contribution in [2.75, 3.05) is 33.3 Å². The number of nitroso groups, excluding NO2 is 1. The standard InChI is InChI=1S/C41H71N5O11/c1-14-26-17-28(44-37(50)30(49)20-43-25(5)56-39(6,7)8)32(23(3)31(26)34-22(2)15-16-27(55-34)18-42-19-29(48)24(4)47)35-33(45-53)36(41(12,52)21-54-35)46(13)38(51)57-40(9,10)11/h16,22-24,26,28,30-36,42,47,49,52H,14-15,17-21H2,1-13H3,(H,44,50). The summed E-state index contributed by atoms with van der Waals surface area (Å²) in [5, 5.41) is 42.0. The minimum Gasteiger partial charge on any atom is -0.493 e. The molecule has 3 aliphatic rings. The molecule has 2 aliphatic heterocycles. The Morgan fingerprint density at radius 1 is 1.07 bits per heavy atom. The normalized spacial score (nSPS) is 33.5. The maximum atomic E-state index is 13.8. The average Bonchev–Trinajstić information content (AvgIpc) is 3.09. The molecule has 2 fully saturated rings. The molecule has 1 aliphatic carbocycles. The van der Waals surface area contributed by atoms with Gasteiger partial charge in [-0.25, -0.2) is 4.79 Å². The SMILES string of the molecule is CCC1CC(NC(=O)C(O)CN=C(C)OC(C)(C)C)C(C2OCC(C)(O)C(N(C)C(=O)OC(C)(C)C)C2N=O)C(C)C1C1OC(CNCC(=O)C(C)O)=CCC1C. The van der Waals surface area contributed by atoms with Gasteiger partial charge in [0.2, 0.25) is 0 Å². The summed E-state index contributed by atoms with van der Waals surface area (Å²) >= 11 is 0. The lowest BCUT2D eigenvalue weighted by Gasteiger charge is -2.55. The molecule has 16 nitrogen and oxygen atoms in total. The molecular formula is C41H71N5O11. The number of hydrogen-bond acceptors (Lipinski definition) is 14. The Balaban J connectivity index is 2.04. The number of nitrogens with zero attached hydrogens (tertiary/aromatic N) is 3. The fourth-order valence-corrected chi connectivity index (χ4v) is 8.80. The van der Waals surface area contributed by atoms with Crippen molar-refractivity contribution in [3.8, 4) is 0 Å². The van der Waals surface area contributed by atoms with Crippen LogP contribution in [-0.2, 0) is 28.5 Å². The lowest BCUT2D eigenvalue weighted by molar-refractivity contribution is -0.192. The van der Waals surface area contributed by atoms with Crippen LogP contribution in [0, 0.1) is 34.5 Å². The van der Waals surface area contributed by atoms with Gasteiger partial charge >= 0.3 is 6.09 Å². The molecule has 0 spiro atoms. The number of nitrogens with one attached hydrogen (secondary N) is 2. The molecule has 16 heteroatoms. The summed E-state index contributed by atoms with van der Waals surface area (Å²) in [5.41, 5.74) is -3.05. The van der Waals surface area contributed by atoms with Gasteiger partial charge in [-0.3, -0.25) is 14.6 Å². The molecule has 0 aromatic rings. The molecule has 1 saturated carbocycles. The zero-order valence-corrected chi connectivity index (χ0v) is 36.4. The van der Waals surface area contributed by atoms with Gasteiger partial charge < -0.3 is 49.8 Å². The van der Waals surface area contributed by atoms with Crippen LogP contribution in [0.15, 0.2) is 22.0 Å². The maximum absolute atomic E-state index is 13.8. The molecule has 2 heterocycles. The topological polar surface area (TPSA) is 218 Å². The van der Waals surface area contributed by atoms with Crippen molar-refractivity contribution in [2.24, 2.45) is 39.8 Å². The van der Waals surface area contributed by atoms with E-state index in [2.05, 4.69) is 34.7 Å². The highest BCUT2D eigenvalue weighted by Gasteiger charge is 2.59. The van der Waals surface area contributed by atoms with Gasteiger partial charge in [0.25, 0.3) is 5.91 Å². The van der Waals surface area contributed by atoms with E-state index in [0.29, 0.717) is 31.0 Å². The number of likely N-dealkylation sites (N-methyl/N-ethyl adjacent to an activating group) is 1. The predicted octanol–water partition coefficient (Wildman–Crippen LogP) is 3.73. The third-order valence-electron chi connectivity index (χ3n) is 11.3. The van der Waals surface area contributed by atoms with Crippen LogP contribution >= 0.6 is 0 Å². The van der Waals surface area contributed by atoms with E-state index in [0.717, 1.165) is 6.42 Å². The summed E-state index contributed by atoms with van der Waals surface area (Å²) < 4.78 is 24.5. The number of ether oxygens (including phenoxy) is 4. The number of aliphatic hydroxyl groups is 3. The van der Waals surface area contributed by atoms with Gasteiger partial charge in [0.05, 0.1) is 38.4 Å². The first-order valence-corrected chi connectivity index (χ1v) is 20.4. The van der Waals surface area contributed by atoms with Gasteiger partial charge in [-0.1, -0.05) is 32.4 Å². The van der Waals surface area contributed by atoms with E-state index in [1.807, 2.05) is 33.8 Å². The lowest BCUT2D eigenvalue weighted by atomic mass is 9.58. The van der Waals surface area contributed by atoms with Crippen molar-refractivity contribution in [2.45, 2.75) is 162 Å². The number of carbonyl (C=O) groups is 3. The largest absolute Gasteiger partial charge is 0.493 e. The first-order chi connectivity index (χ1) is 26.3. The molecule has 0 aromatic heterocycles. The van der Waals surface area contributed by atoms with E-state index < -0.39 is 71.2 Å². The quantitative estimate of drug-likeness (QED) is 0.0964. The number of rotatable bonds is 14. The average molecular weight is 810 g/mol. The third-order valence-corrected chi connectivity index (χ3v) is 11.3. The molecule has 3 rings (SSSR count). The Kier molecular flexibility index (Phi) is 16.7. The van der Waals surface area contributed by atoms with Crippen LogP contribution in [0.1, 0.15) is 102 Å². The second kappa shape index (κ2) is 19.7. The number of ketones is 1. The van der Waals surface area contributed by atoms with Crippen molar-refractivity contribution in [1.29, 1.82) is 0 Å². The number of Topliss-reactive ketones (excluding diaryl/α,β-unsaturated/α-hetero) is 1. The van der Waals surface area contributed by atoms with Gasteiger partial charge in [-0.05, 0) is 92.1 Å². The molecule has 0 aromatic carbocycles. The smallest absolute Gasteiger partial charge is 0.410 e. The summed E-state index contributed by atoms with van der Waals surface area (Å²) in [6, 6.07) is -3.04. The number of carbonyl (C=O) groups excluding carboxylic acids is 3. The van der Waals surface area contributed by atoms with E-state index in [1.165, 1.54) is 25.8 Å². The van der Waals surface area contributed by atoms with E-state index in [4.69, 9.17) is 18.9 Å². The maximum Gasteiger partial charge on any atom is 0.410 e. The van der Waals surface area contributed by atoms with Crippen LogP contribution in [-0.4, -0.2) is 137 Å². The van der Waals surface area contributed by atoms with Gasteiger partial charge in [0.15, 0.2) is 17.8 Å². The molecule has 0 bridgehead atoms. The molecule has 57 heavy (non-hydrogen) atoms. The summed E-state index contributed by atoms with van der Waals surface area (Å²) in [6.07, 6.45) is -0.688. The highest BCUT2D eigenvalue weighted by atomic mass is 16.6. The van der Waals surface area contributed by atoms with Crippen LogP contribution in [0.5, 0.6) is 0 Å². The fraction of sp³-hybridized carbons (Fsp3) is 0.854. The van der Waals surface area contributed by atoms with E-state index in [-0.39, 0.29) is 55.3 Å². The van der Waals surface area contributed by atoms with E-state index >= 15 is 0 Å². The molecule has 5 N–H and O–H groups in total. The Morgan fingerprint density at radius 2 is 1.70 bits per heavy atom. The molecule has 1 saturated heterocycles. The van der Waals surface area contributed by atoms with Crippen LogP contribution in [0.2, 0.25) is 0 Å². The number of aliphatic hydroxyl groups excluding tert-OH is 2. The monoisotopic (exact) mass is 810 g/mol. The minimum absolute atomic E-state index is 0.0123.